The molecule has 3 aromatic rings. The van der Waals surface area contributed by atoms with Crippen LogP contribution in [-0.4, -0.2) is 0 Å². The van der Waals surface area contributed by atoms with E-state index in [0.29, 0.717) is 11.1 Å². The van der Waals surface area contributed by atoms with Crippen LogP contribution in [0.15, 0.2) is 51.7 Å². The minimum Gasteiger partial charge on any atom is -0.422 e. The van der Waals surface area contributed by atoms with Gasteiger partial charge in [0.05, 0.1) is 5.39 Å². The van der Waals surface area contributed by atoms with E-state index in [1.165, 1.54) is 11.1 Å². The van der Waals surface area contributed by atoms with Crippen molar-refractivity contribution < 1.29 is 4.42 Å². The molecule has 0 aliphatic rings. The van der Waals surface area contributed by atoms with Crippen LogP contribution >= 0.6 is 0 Å². The number of rotatable bonds is 1. The first-order valence-electron chi connectivity index (χ1n) is 6.67. The van der Waals surface area contributed by atoms with Crippen LogP contribution in [0, 0.1) is 20.8 Å². The molecule has 2 aromatic carbocycles. The summed E-state index contributed by atoms with van der Waals surface area (Å²) in [5.74, 6) is 0.616. The van der Waals surface area contributed by atoms with E-state index in [9.17, 15) is 4.79 Å². The summed E-state index contributed by atoms with van der Waals surface area (Å²) in [6.07, 6.45) is 0. The van der Waals surface area contributed by atoms with Gasteiger partial charge in [-0.2, -0.15) is 0 Å². The molecule has 1 aromatic heterocycles. The molecule has 3 rings (SSSR count). The van der Waals surface area contributed by atoms with Gasteiger partial charge in [-0.15, -0.1) is 0 Å². The standard InChI is InChI=1S/C18H16O2/c1-11-4-6-14(7-5-11)17-10-15-8-12(2)13(3)9-16(15)18(19)20-17/h4-10H,1-3H3. The van der Waals surface area contributed by atoms with Crippen LogP contribution < -0.4 is 5.63 Å². The highest BCUT2D eigenvalue weighted by Gasteiger charge is 2.08. The fourth-order valence-electron chi connectivity index (χ4n) is 2.32. The van der Waals surface area contributed by atoms with Gasteiger partial charge in [-0.3, -0.25) is 0 Å². The molecule has 100 valence electrons. The SMILES string of the molecule is Cc1ccc(-c2cc3cc(C)c(C)cc3c(=O)o2)cc1. The summed E-state index contributed by atoms with van der Waals surface area (Å²) >= 11 is 0. The molecule has 0 atom stereocenters. The molecule has 0 aliphatic heterocycles. The Morgan fingerprint density at radius 2 is 1.50 bits per heavy atom. The second-order valence-corrected chi connectivity index (χ2v) is 5.29. The summed E-state index contributed by atoms with van der Waals surface area (Å²) in [7, 11) is 0. The number of benzene rings is 2. The highest BCUT2D eigenvalue weighted by molar-refractivity contribution is 5.85. The smallest absolute Gasteiger partial charge is 0.344 e. The maximum atomic E-state index is 12.1. The molecule has 0 unspecified atom stereocenters. The predicted octanol–water partition coefficient (Wildman–Crippen LogP) is 4.39. The molecule has 2 heteroatoms. The lowest BCUT2D eigenvalue weighted by Crippen LogP contribution is -2.01. The predicted molar refractivity (Wildman–Crippen MR) is 82.1 cm³/mol. The van der Waals surface area contributed by atoms with Gasteiger partial charge in [-0.1, -0.05) is 35.9 Å². The second kappa shape index (κ2) is 4.64. The van der Waals surface area contributed by atoms with Gasteiger partial charge >= 0.3 is 5.63 Å². The van der Waals surface area contributed by atoms with Crippen LogP contribution in [0.25, 0.3) is 22.1 Å². The van der Waals surface area contributed by atoms with E-state index in [1.54, 1.807) is 0 Å². The van der Waals surface area contributed by atoms with E-state index < -0.39 is 0 Å². The number of hydrogen-bond donors (Lipinski definition) is 0. The third-order valence-corrected chi connectivity index (χ3v) is 3.71. The van der Waals surface area contributed by atoms with Crippen LogP contribution in [0.5, 0.6) is 0 Å². The number of hydrogen-bond acceptors (Lipinski definition) is 2. The van der Waals surface area contributed by atoms with Crippen LogP contribution in [-0.2, 0) is 0 Å². The van der Waals surface area contributed by atoms with Gasteiger partial charge in [-0.25, -0.2) is 4.79 Å². The van der Waals surface area contributed by atoms with Crippen molar-refractivity contribution in [1.82, 2.24) is 0 Å². The monoisotopic (exact) mass is 264 g/mol. The van der Waals surface area contributed by atoms with Crippen LogP contribution in [0.3, 0.4) is 0 Å². The molecular formula is C18H16O2. The van der Waals surface area contributed by atoms with E-state index in [2.05, 4.69) is 6.92 Å². The van der Waals surface area contributed by atoms with Crippen molar-refractivity contribution in [1.29, 1.82) is 0 Å². The van der Waals surface area contributed by atoms with E-state index in [4.69, 9.17) is 4.42 Å². The molecule has 0 spiro atoms. The molecule has 20 heavy (non-hydrogen) atoms. The lowest BCUT2D eigenvalue weighted by atomic mass is 10.0. The first kappa shape index (κ1) is 12.7. The molecule has 0 N–H and O–H groups in total. The zero-order chi connectivity index (χ0) is 14.3. The largest absolute Gasteiger partial charge is 0.422 e. The van der Waals surface area contributed by atoms with E-state index in [0.717, 1.165) is 16.5 Å². The molecule has 0 fully saturated rings. The van der Waals surface area contributed by atoms with Crippen molar-refractivity contribution >= 4 is 10.8 Å². The minimum atomic E-state index is -0.277. The Kier molecular flexibility index (Phi) is 2.94. The van der Waals surface area contributed by atoms with E-state index in [-0.39, 0.29) is 5.63 Å². The number of fused-ring (bicyclic) bond motifs is 1. The van der Waals surface area contributed by atoms with E-state index >= 15 is 0 Å². The first-order valence-corrected chi connectivity index (χ1v) is 6.67. The third kappa shape index (κ3) is 2.14. The lowest BCUT2D eigenvalue weighted by molar-refractivity contribution is 0.534. The fourth-order valence-corrected chi connectivity index (χ4v) is 2.32. The quantitative estimate of drug-likeness (QED) is 0.652. The number of aryl methyl sites for hydroxylation is 3. The van der Waals surface area contributed by atoms with Crippen molar-refractivity contribution in [2.75, 3.05) is 0 Å². The lowest BCUT2D eigenvalue weighted by Gasteiger charge is -2.06. The topological polar surface area (TPSA) is 30.2 Å². The van der Waals surface area contributed by atoms with E-state index in [1.807, 2.05) is 56.3 Å². The summed E-state index contributed by atoms with van der Waals surface area (Å²) in [4.78, 5) is 12.1. The summed E-state index contributed by atoms with van der Waals surface area (Å²) in [6, 6.07) is 13.9. The van der Waals surface area contributed by atoms with Crippen molar-refractivity contribution in [2.45, 2.75) is 20.8 Å². The molecule has 0 radical (unpaired) electrons. The van der Waals surface area contributed by atoms with Gasteiger partial charge in [0, 0.05) is 5.56 Å². The molecule has 0 amide bonds. The summed E-state index contributed by atoms with van der Waals surface area (Å²) in [5, 5.41) is 1.57. The minimum absolute atomic E-state index is 0.277. The highest BCUT2D eigenvalue weighted by Crippen LogP contribution is 2.24. The van der Waals surface area contributed by atoms with Gasteiger partial charge in [0.2, 0.25) is 0 Å². The fraction of sp³-hybridized carbons (Fsp3) is 0.167. The van der Waals surface area contributed by atoms with Crippen molar-refractivity contribution in [3.63, 3.8) is 0 Å². The van der Waals surface area contributed by atoms with Gasteiger partial charge < -0.3 is 4.42 Å². The van der Waals surface area contributed by atoms with Crippen molar-refractivity contribution in [2.24, 2.45) is 0 Å². The van der Waals surface area contributed by atoms with Gasteiger partial charge in [-0.05, 0) is 49.4 Å². The zero-order valence-corrected chi connectivity index (χ0v) is 11.9. The Morgan fingerprint density at radius 1 is 0.850 bits per heavy atom. The van der Waals surface area contributed by atoms with Crippen LogP contribution in [0.1, 0.15) is 16.7 Å². The highest BCUT2D eigenvalue weighted by atomic mass is 16.4. The second-order valence-electron chi connectivity index (χ2n) is 5.29. The average molecular weight is 264 g/mol. The maximum Gasteiger partial charge on any atom is 0.344 e. The van der Waals surface area contributed by atoms with Gasteiger partial charge in [0.1, 0.15) is 5.76 Å². The van der Waals surface area contributed by atoms with Crippen LogP contribution in [0.2, 0.25) is 0 Å². The first-order chi connectivity index (χ1) is 9.54. The summed E-state index contributed by atoms with van der Waals surface area (Å²) < 4.78 is 5.46. The third-order valence-electron chi connectivity index (χ3n) is 3.71. The molecular weight excluding hydrogens is 248 g/mol. The Balaban J connectivity index is 2.26. The summed E-state index contributed by atoms with van der Waals surface area (Å²) in [6.45, 7) is 6.09. The average Bonchev–Trinajstić information content (AvgIpc) is 2.42. The van der Waals surface area contributed by atoms with Crippen molar-refractivity contribution in [3.8, 4) is 11.3 Å². The van der Waals surface area contributed by atoms with Gasteiger partial charge in [0.25, 0.3) is 0 Å². The normalized spacial score (nSPS) is 10.9. The Morgan fingerprint density at radius 3 is 2.20 bits per heavy atom. The molecule has 1 heterocycles. The van der Waals surface area contributed by atoms with Crippen LogP contribution in [0.4, 0.5) is 0 Å². The Labute approximate surface area is 117 Å². The Bertz CT molecular complexity index is 840. The molecule has 0 aliphatic carbocycles. The molecule has 2 nitrogen and oxygen atoms in total. The zero-order valence-electron chi connectivity index (χ0n) is 11.9. The molecule has 0 saturated heterocycles. The summed E-state index contributed by atoms with van der Waals surface area (Å²) in [5.41, 5.74) is 4.11. The van der Waals surface area contributed by atoms with Crippen molar-refractivity contribution in [3.05, 3.63) is 69.6 Å². The molecule has 0 bridgehead atoms. The Hall–Kier alpha value is -2.35. The molecule has 0 saturated carbocycles. The van der Waals surface area contributed by atoms with Gasteiger partial charge in [0.15, 0.2) is 0 Å². The maximum absolute atomic E-state index is 12.1.